The molecule has 5 heteroatoms. The summed E-state index contributed by atoms with van der Waals surface area (Å²) in [5.41, 5.74) is 2.80. The van der Waals surface area contributed by atoms with Crippen LogP contribution in [0.4, 0.5) is 0 Å². The number of hydrogen-bond acceptors (Lipinski definition) is 2. The molecule has 0 aliphatic rings. The molecule has 1 aromatic heterocycles. The third kappa shape index (κ3) is 2.70. The van der Waals surface area contributed by atoms with Crippen molar-refractivity contribution in [2.75, 3.05) is 0 Å². The van der Waals surface area contributed by atoms with Crippen LogP contribution < -0.4 is 4.74 Å². The Balaban J connectivity index is 2.19. The minimum Gasteiger partial charge on any atom is -0.487 e. The van der Waals surface area contributed by atoms with Crippen molar-refractivity contribution in [1.82, 2.24) is 9.78 Å². The van der Waals surface area contributed by atoms with Crippen LogP contribution in [0.25, 0.3) is 0 Å². The van der Waals surface area contributed by atoms with Crippen molar-refractivity contribution in [3.63, 3.8) is 0 Å². The van der Waals surface area contributed by atoms with E-state index in [2.05, 4.69) is 21.0 Å². The van der Waals surface area contributed by atoms with E-state index in [0.717, 1.165) is 27.2 Å². The minimum atomic E-state index is 0.410. The van der Waals surface area contributed by atoms with Crippen LogP contribution in [0.1, 0.15) is 17.0 Å². The Bertz CT molecular complexity index is 581. The summed E-state index contributed by atoms with van der Waals surface area (Å²) in [4.78, 5) is 0. The number of aryl methyl sites for hydroxylation is 3. The summed E-state index contributed by atoms with van der Waals surface area (Å²) in [5.74, 6) is 0.847. The summed E-state index contributed by atoms with van der Waals surface area (Å²) in [6, 6.07) is 5.95. The number of ether oxygens (including phenoxy) is 1. The predicted molar refractivity (Wildman–Crippen MR) is 76.2 cm³/mol. The van der Waals surface area contributed by atoms with Crippen molar-refractivity contribution >= 4 is 27.5 Å². The van der Waals surface area contributed by atoms with Gasteiger partial charge in [0, 0.05) is 11.5 Å². The quantitative estimate of drug-likeness (QED) is 0.850. The summed E-state index contributed by atoms with van der Waals surface area (Å²) < 4.78 is 8.55. The van der Waals surface area contributed by atoms with Crippen LogP contribution in [0.3, 0.4) is 0 Å². The smallest absolute Gasteiger partial charge is 0.131 e. The van der Waals surface area contributed by atoms with E-state index in [-0.39, 0.29) is 0 Å². The molecule has 96 valence electrons. The van der Waals surface area contributed by atoms with E-state index in [9.17, 15) is 0 Å². The molecule has 0 unspecified atom stereocenters. The molecule has 0 amide bonds. The molecule has 0 aliphatic heterocycles. The zero-order chi connectivity index (χ0) is 13.3. The molecule has 0 N–H and O–H groups in total. The van der Waals surface area contributed by atoms with Gasteiger partial charge in [0.25, 0.3) is 0 Å². The second-order valence-electron chi connectivity index (χ2n) is 4.17. The molecule has 2 aromatic rings. The Morgan fingerprint density at radius 3 is 2.72 bits per heavy atom. The molecule has 0 fully saturated rings. The second kappa shape index (κ2) is 5.33. The van der Waals surface area contributed by atoms with Gasteiger partial charge in [-0.2, -0.15) is 5.10 Å². The molecular weight excluding hydrogens is 316 g/mol. The van der Waals surface area contributed by atoms with E-state index in [1.165, 1.54) is 0 Å². The summed E-state index contributed by atoms with van der Waals surface area (Å²) in [6.45, 7) is 4.31. The van der Waals surface area contributed by atoms with E-state index in [4.69, 9.17) is 16.3 Å². The van der Waals surface area contributed by atoms with Gasteiger partial charge in [0.15, 0.2) is 0 Å². The fraction of sp³-hybridized carbons (Fsp3) is 0.308. The number of hydrogen-bond donors (Lipinski definition) is 0. The van der Waals surface area contributed by atoms with E-state index in [1.54, 1.807) is 4.68 Å². The Morgan fingerprint density at radius 2 is 2.11 bits per heavy atom. The molecule has 0 bridgehead atoms. The van der Waals surface area contributed by atoms with E-state index >= 15 is 0 Å². The maximum Gasteiger partial charge on any atom is 0.131 e. The molecule has 0 spiro atoms. The topological polar surface area (TPSA) is 27.1 Å². The number of halogens is 2. The maximum atomic E-state index is 6.18. The largest absolute Gasteiger partial charge is 0.487 e. The first kappa shape index (κ1) is 13.4. The molecule has 1 heterocycles. The fourth-order valence-electron chi connectivity index (χ4n) is 1.71. The van der Waals surface area contributed by atoms with Crippen LogP contribution in [0.2, 0.25) is 5.02 Å². The minimum absolute atomic E-state index is 0.410. The van der Waals surface area contributed by atoms with Crippen molar-refractivity contribution < 1.29 is 4.74 Å². The first-order chi connectivity index (χ1) is 8.49. The lowest BCUT2D eigenvalue weighted by Gasteiger charge is -2.10. The lowest BCUT2D eigenvalue weighted by Crippen LogP contribution is -2.04. The van der Waals surface area contributed by atoms with Gasteiger partial charge in [-0.05, 0) is 31.5 Å². The summed E-state index contributed by atoms with van der Waals surface area (Å²) >= 11 is 9.61. The van der Waals surface area contributed by atoms with Crippen LogP contribution in [0, 0.1) is 13.8 Å². The fourth-order valence-corrected chi connectivity index (χ4v) is 2.27. The van der Waals surface area contributed by atoms with Crippen LogP contribution in [-0.4, -0.2) is 9.78 Å². The Kier molecular flexibility index (Phi) is 3.97. The lowest BCUT2D eigenvalue weighted by molar-refractivity contribution is 0.293. The highest BCUT2D eigenvalue weighted by Crippen LogP contribution is 2.25. The van der Waals surface area contributed by atoms with Crippen molar-refractivity contribution in [2.24, 2.45) is 7.05 Å². The van der Waals surface area contributed by atoms with Gasteiger partial charge in [-0.3, -0.25) is 4.68 Å². The molecule has 1 aromatic carbocycles. The van der Waals surface area contributed by atoms with E-state index in [1.807, 2.05) is 39.1 Å². The first-order valence-electron chi connectivity index (χ1n) is 5.56. The van der Waals surface area contributed by atoms with Crippen LogP contribution in [0.15, 0.2) is 22.7 Å². The summed E-state index contributed by atoms with van der Waals surface area (Å²) in [7, 11) is 1.87. The Hall–Kier alpha value is -1.00. The van der Waals surface area contributed by atoms with Gasteiger partial charge in [-0.25, -0.2) is 0 Å². The van der Waals surface area contributed by atoms with Crippen molar-refractivity contribution in [1.29, 1.82) is 0 Å². The second-order valence-corrected chi connectivity index (χ2v) is 5.46. The van der Waals surface area contributed by atoms with Gasteiger partial charge in [-0.15, -0.1) is 0 Å². The third-order valence-electron chi connectivity index (χ3n) is 2.78. The molecule has 2 rings (SSSR count). The average molecular weight is 330 g/mol. The molecule has 3 nitrogen and oxygen atoms in total. The summed E-state index contributed by atoms with van der Waals surface area (Å²) in [5, 5.41) is 4.93. The summed E-state index contributed by atoms with van der Waals surface area (Å²) in [6.07, 6.45) is 0. The molecule has 0 aliphatic carbocycles. The van der Waals surface area contributed by atoms with Crippen LogP contribution >= 0.6 is 27.5 Å². The maximum absolute atomic E-state index is 6.18. The molecular formula is C13H14BrClN2O. The highest BCUT2D eigenvalue weighted by atomic mass is 79.9. The Morgan fingerprint density at radius 1 is 1.39 bits per heavy atom. The van der Waals surface area contributed by atoms with Gasteiger partial charge in [-0.1, -0.05) is 33.6 Å². The average Bonchev–Trinajstić information content (AvgIpc) is 2.55. The van der Waals surface area contributed by atoms with Gasteiger partial charge in [0.1, 0.15) is 12.4 Å². The number of rotatable bonds is 3. The SMILES string of the molecule is Cc1ccc(Br)cc1OCc1c(Cl)c(C)nn1C. The highest BCUT2D eigenvalue weighted by molar-refractivity contribution is 9.10. The van der Waals surface area contributed by atoms with Crippen molar-refractivity contribution in [3.05, 3.63) is 44.6 Å². The normalized spacial score (nSPS) is 10.7. The third-order valence-corrected chi connectivity index (χ3v) is 3.76. The zero-order valence-corrected chi connectivity index (χ0v) is 12.8. The zero-order valence-electron chi connectivity index (χ0n) is 10.5. The molecule has 0 saturated heterocycles. The van der Waals surface area contributed by atoms with Gasteiger partial charge >= 0.3 is 0 Å². The first-order valence-corrected chi connectivity index (χ1v) is 6.73. The monoisotopic (exact) mass is 328 g/mol. The van der Waals surface area contributed by atoms with Crippen LogP contribution in [0.5, 0.6) is 5.75 Å². The molecule has 0 atom stereocenters. The van der Waals surface area contributed by atoms with E-state index < -0.39 is 0 Å². The molecule has 18 heavy (non-hydrogen) atoms. The number of aromatic nitrogens is 2. The molecule has 0 saturated carbocycles. The molecule has 0 radical (unpaired) electrons. The van der Waals surface area contributed by atoms with Crippen molar-refractivity contribution in [3.8, 4) is 5.75 Å². The van der Waals surface area contributed by atoms with Gasteiger partial charge < -0.3 is 4.74 Å². The Labute approximate surface area is 120 Å². The predicted octanol–water partition coefficient (Wildman–Crippen LogP) is 4.03. The standard InChI is InChI=1S/C13H14BrClN2O/c1-8-4-5-10(14)6-12(8)18-7-11-13(15)9(2)16-17(11)3/h4-6H,7H2,1-3H3. The van der Waals surface area contributed by atoms with Gasteiger partial charge in [0.2, 0.25) is 0 Å². The number of benzene rings is 1. The number of nitrogens with zero attached hydrogens (tertiary/aromatic N) is 2. The van der Waals surface area contributed by atoms with Gasteiger partial charge in [0.05, 0.1) is 16.4 Å². The van der Waals surface area contributed by atoms with E-state index in [0.29, 0.717) is 11.6 Å². The van der Waals surface area contributed by atoms with Crippen molar-refractivity contribution in [2.45, 2.75) is 20.5 Å². The highest BCUT2D eigenvalue weighted by Gasteiger charge is 2.12. The van der Waals surface area contributed by atoms with Crippen LogP contribution in [-0.2, 0) is 13.7 Å². The lowest BCUT2D eigenvalue weighted by atomic mass is 10.2.